The van der Waals surface area contributed by atoms with Crippen molar-refractivity contribution in [3.8, 4) is 0 Å². The Balaban J connectivity index is 5.01. The van der Waals surface area contributed by atoms with Gasteiger partial charge in [0.1, 0.15) is 18.6 Å². The van der Waals surface area contributed by atoms with Gasteiger partial charge in [-0.3, -0.25) is 19.2 Å². The van der Waals surface area contributed by atoms with Crippen LogP contribution in [0.5, 0.6) is 0 Å². The van der Waals surface area contributed by atoms with Crippen LogP contribution in [0.4, 0.5) is 0 Å². The second-order valence-corrected chi connectivity index (χ2v) is 9.41. The largest absolute Gasteiger partial charge is 0.480 e. The van der Waals surface area contributed by atoms with E-state index in [9.17, 15) is 23.7 Å². The van der Waals surface area contributed by atoms with Gasteiger partial charge < -0.3 is 35.6 Å². The van der Waals surface area contributed by atoms with Crippen molar-refractivity contribution in [2.75, 3.05) is 25.5 Å². The summed E-state index contributed by atoms with van der Waals surface area (Å²) >= 11 is 0.684. The lowest BCUT2D eigenvalue weighted by Gasteiger charge is -2.21. The quantitative estimate of drug-likeness (QED) is 0.210. The maximum Gasteiger partial charge on any atom is 0.389 e. The molecule has 0 aromatic rings. The number of carboxylic acids is 2. The van der Waals surface area contributed by atoms with Gasteiger partial charge in [-0.05, 0) is 31.7 Å². The van der Waals surface area contributed by atoms with Crippen LogP contribution in [-0.4, -0.2) is 71.6 Å². The van der Waals surface area contributed by atoms with Gasteiger partial charge in [-0.1, -0.05) is 0 Å². The summed E-state index contributed by atoms with van der Waals surface area (Å²) in [6.45, 7) is -0.830. The fourth-order valence-electron chi connectivity index (χ4n) is 1.74. The van der Waals surface area contributed by atoms with Crippen LogP contribution in [0.1, 0.15) is 26.7 Å². The van der Waals surface area contributed by atoms with Crippen LogP contribution in [-0.2, 0) is 32.8 Å². The van der Waals surface area contributed by atoms with Crippen LogP contribution in [0.15, 0.2) is 0 Å². The van der Waals surface area contributed by atoms with Crippen LogP contribution in [0, 0.1) is 0 Å². The number of carbonyl (C=O) groups is 4. The summed E-state index contributed by atoms with van der Waals surface area (Å²) in [6, 6.07) is -2.48. The molecule has 12 nitrogen and oxygen atoms in total. The third-order valence-corrected chi connectivity index (χ3v) is 7.01. The number of rotatable bonds is 15. The fourth-order valence-corrected chi connectivity index (χ4v) is 5.24. The molecule has 0 radical (unpaired) electrons. The van der Waals surface area contributed by atoms with Gasteiger partial charge in [0.15, 0.2) is 0 Å². The fraction of sp³-hybridized carbons (Fsp3) is 0.714. The molecule has 0 unspecified atom stereocenters. The molecule has 0 spiro atoms. The highest BCUT2D eigenvalue weighted by atomic mass is 32.7. The normalized spacial score (nSPS) is 13.4. The first-order valence-electron chi connectivity index (χ1n) is 8.35. The maximum absolute atomic E-state index is 12.5. The molecule has 14 heteroatoms. The van der Waals surface area contributed by atoms with E-state index < -0.39 is 49.2 Å². The predicted molar refractivity (Wildman–Crippen MR) is 101 cm³/mol. The van der Waals surface area contributed by atoms with Gasteiger partial charge in [0.25, 0.3) is 0 Å². The van der Waals surface area contributed by atoms with Crippen molar-refractivity contribution in [2.45, 2.75) is 38.8 Å². The lowest BCUT2D eigenvalue weighted by atomic mass is 10.1. The zero-order valence-electron chi connectivity index (χ0n) is 15.6. The van der Waals surface area contributed by atoms with E-state index in [1.165, 1.54) is 0 Å². The van der Waals surface area contributed by atoms with Crippen molar-refractivity contribution in [1.82, 2.24) is 10.6 Å². The number of hydrogen-bond donors (Lipinski definition) is 5. The highest BCUT2D eigenvalue weighted by Crippen LogP contribution is 2.60. The first kappa shape index (κ1) is 26.3. The van der Waals surface area contributed by atoms with Crippen molar-refractivity contribution >= 4 is 41.9 Å². The molecule has 0 rings (SSSR count). The summed E-state index contributed by atoms with van der Waals surface area (Å²) in [7, 11) is 0. The SMILES string of the molecule is CCOP(=O)(OCC)SC[C@H](NC(=O)CC[C@H](N)C(=O)O)C(=O)NCC(=O)O. The summed E-state index contributed by atoms with van der Waals surface area (Å²) in [5, 5.41) is 21.8. The van der Waals surface area contributed by atoms with E-state index >= 15 is 0 Å². The Hall–Kier alpha value is -1.66. The van der Waals surface area contributed by atoms with Gasteiger partial charge in [-0.25, -0.2) is 4.57 Å². The van der Waals surface area contributed by atoms with Crippen molar-refractivity contribution in [3.05, 3.63) is 0 Å². The molecular formula is C14H26N3O9PS. The average Bonchev–Trinajstić information content (AvgIpc) is 2.61. The first-order valence-corrected chi connectivity index (χ1v) is 11.5. The number of nitrogens with two attached hydrogens (primary N) is 1. The van der Waals surface area contributed by atoms with E-state index in [0.29, 0.717) is 11.4 Å². The molecule has 0 bridgehead atoms. The third kappa shape index (κ3) is 11.2. The van der Waals surface area contributed by atoms with Crippen LogP contribution < -0.4 is 16.4 Å². The molecule has 2 atom stereocenters. The second-order valence-electron chi connectivity index (χ2n) is 5.29. The Bertz CT molecular complexity index is 595. The molecule has 6 N–H and O–H groups in total. The number of amides is 2. The van der Waals surface area contributed by atoms with Gasteiger partial charge in [0.05, 0.1) is 13.2 Å². The lowest BCUT2D eigenvalue weighted by molar-refractivity contribution is -0.139. The third-order valence-electron chi connectivity index (χ3n) is 3.04. The molecule has 2 amide bonds. The minimum Gasteiger partial charge on any atom is -0.480 e. The smallest absolute Gasteiger partial charge is 0.389 e. The zero-order valence-corrected chi connectivity index (χ0v) is 17.3. The van der Waals surface area contributed by atoms with E-state index in [2.05, 4.69) is 10.6 Å². The predicted octanol–water partition coefficient (Wildman–Crippen LogP) is -0.222. The molecule has 0 heterocycles. The Kier molecular flexibility index (Phi) is 12.7. The Morgan fingerprint density at radius 1 is 1.14 bits per heavy atom. The molecule has 28 heavy (non-hydrogen) atoms. The van der Waals surface area contributed by atoms with Gasteiger partial charge >= 0.3 is 18.7 Å². The minimum atomic E-state index is -3.57. The van der Waals surface area contributed by atoms with Crippen LogP contribution in [0.3, 0.4) is 0 Å². The molecule has 0 saturated carbocycles. The molecule has 0 fully saturated rings. The molecule has 0 aliphatic rings. The summed E-state index contributed by atoms with van der Waals surface area (Å²) in [6.07, 6.45) is -0.427. The molecule has 0 aliphatic heterocycles. The topological polar surface area (TPSA) is 194 Å². The van der Waals surface area contributed by atoms with Crippen molar-refractivity contribution in [3.63, 3.8) is 0 Å². The molecule has 0 saturated heterocycles. The highest BCUT2D eigenvalue weighted by molar-refractivity contribution is 8.55. The van der Waals surface area contributed by atoms with Crippen molar-refractivity contribution in [1.29, 1.82) is 0 Å². The Morgan fingerprint density at radius 2 is 1.71 bits per heavy atom. The standard InChI is InChI=1S/C14H26N3O9PS/c1-3-25-27(24,26-4-2)28-8-10(13(21)16-7-12(19)20)17-11(18)6-5-9(15)14(22)23/h9-10H,3-8,15H2,1-2H3,(H,16,21)(H,17,18)(H,19,20)(H,22,23)/t9-,10-/m0/s1. The van der Waals surface area contributed by atoms with Crippen LogP contribution in [0.2, 0.25) is 0 Å². The summed E-state index contributed by atoms with van der Waals surface area (Å²) in [5.41, 5.74) is 5.32. The molecule has 0 aliphatic carbocycles. The van der Waals surface area contributed by atoms with E-state index in [1.807, 2.05) is 0 Å². The number of nitrogens with one attached hydrogen (secondary N) is 2. The van der Waals surface area contributed by atoms with Gasteiger partial charge in [0.2, 0.25) is 11.8 Å². The van der Waals surface area contributed by atoms with Gasteiger partial charge in [-0.15, -0.1) is 0 Å². The van der Waals surface area contributed by atoms with Crippen LogP contribution >= 0.6 is 18.2 Å². The van der Waals surface area contributed by atoms with E-state index in [4.69, 9.17) is 25.0 Å². The van der Waals surface area contributed by atoms with E-state index in [-0.39, 0.29) is 31.8 Å². The van der Waals surface area contributed by atoms with E-state index in [0.717, 1.165) is 0 Å². The monoisotopic (exact) mass is 443 g/mol. The highest BCUT2D eigenvalue weighted by Gasteiger charge is 2.30. The molecule has 0 aromatic carbocycles. The Morgan fingerprint density at radius 3 is 2.18 bits per heavy atom. The second kappa shape index (κ2) is 13.5. The van der Waals surface area contributed by atoms with E-state index in [1.54, 1.807) is 13.8 Å². The molecule has 0 aromatic heterocycles. The zero-order chi connectivity index (χ0) is 21.7. The number of hydrogen-bond acceptors (Lipinski definition) is 9. The average molecular weight is 443 g/mol. The summed E-state index contributed by atoms with van der Waals surface area (Å²) in [5.74, 6) is -4.26. The van der Waals surface area contributed by atoms with Gasteiger partial charge in [0, 0.05) is 12.2 Å². The van der Waals surface area contributed by atoms with Crippen molar-refractivity contribution < 1.29 is 43.0 Å². The Labute approximate surface area is 166 Å². The number of carboxylic acid groups (broad SMARTS) is 2. The minimum absolute atomic E-state index is 0.0968. The first-order chi connectivity index (χ1) is 13.0. The van der Waals surface area contributed by atoms with Crippen LogP contribution in [0.25, 0.3) is 0 Å². The molecular weight excluding hydrogens is 417 g/mol. The number of carbonyl (C=O) groups excluding carboxylic acids is 2. The summed E-state index contributed by atoms with van der Waals surface area (Å²) in [4.78, 5) is 45.5. The number of aliphatic carboxylic acids is 2. The maximum atomic E-state index is 12.5. The molecule has 162 valence electrons. The summed E-state index contributed by atoms with van der Waals surface area (Å²) < 4.78 is 22.6. The van der Waals surface area contributed by atoms with Gasteiger partial charge in [-0.2, -0.15) is 0 Å². The van der Waals surface area contributed by atoms with Crippen molar-refractivity contribution in [2.24, 2.45) is 5.73 Å². The lowest BCUT2D eigenvalue weighted by Crippen LogP contribution is -2.49.